The highest BCUT2D eigenvalue weighted by Crippen LogP contribution is 2.12. The summed E-state index contributed by atoms with van der Waals surface area (Å²) >= 11 is 3.37. The van der Waals surface area contributed by atoms with Gasteiger partial charge in [-0.2, -0.15) is 0 Å². The number of rotatable bonds is 2. The van der Waals surface area contributed by atoms with E-state index in [-0.39, 0.29) is 18.0 Å². The summed E-state index contributed by atoms with van der Waals surface area (Å²) in [5, 5.41) is 3.20. The topological polar surface area (TPSA) is 54.3 Å². The van der Waals surface area contributed by atoms with E-state index in [1.165, 1.54) is 10.6 Å². The van der Waals surface area contributed by atoms with Crippen molar-refractivity contribution in [3.63, 3.8) is 0 Å². The first-order valence-corrected chi connectivity index (χ1v) is 6.73. The molecule has 0 spiro atoms. The Morgan fingerprint density at radius 1 is 1.39 bits per heavy atom. The minimum atomic E-state index is -0.140. The molecule has 0 aliphatic carbocycles. The zero-order chi connectivity index (χ0) is 13.1. The van der Waals surface area contributed by atoms with Gasteiger partial charge in [0.2, 0.25) is 5.91 Å². The van der Waals surface area contributed by atoms with Gasteiger partial charge in [-0.15, -0.1) is 0 Å². The first-order valence-electron chi connectivity index (χ1n) is 5.94. The minimum absolute atomic E-state index is 0.000185. The lowest BCUT2D eigenvalue weighted by Crippen LogP contribution is -2.48. The van der Waals surface area contributed by atoms with Crippen LogP contribution in [0.15, 0.2) is 21.4 Å². The molecule has 0 atom stereocenters. The molecule has 18 heavy (non-hydrogen) atoms. The van der Waals surface area contributed by atoms with Crippen molar-refractivity contribution in [3.8, 4) is 0 Å². The summed E-state index contributed by atoms with van der Waals surface area (Å²) in [6, 6.07) is 3.19. The van der Waals surface area contributed by atoms with Crippen molar-refractivity contribution in [3.05, 3.63) is 32.7 Å². The van der Waals surface area contributed by atoms with Crippen molar-refractivity contribution in [1.29, 1.82) is 0 Å². The molecule has 2 heterocycles. The van der Waals surface area contributed by atoms with Crippen LogP contribution >= 0.6 is 15.9 Å². The van der Waals surface area contributed by atoms with E-state index >= 15 is 0 Å². The Hall–Kier alpha value is -1.14. The summed E-state index contributed by atoms with van der Waals surface area (Å²) < 4.78 is 2.35. The quantitative estimate of drug-likeness (QED) is 0.857. The van der Waals surface area contributed by atoms with Crippen molar-refractivity contribution in [2.24, 2.45) is 0 Å². The van der Waals surface area contributed by atoms with Crippen LogP contribution in [-0.4, -0.2) is 41.6 Å². The monoisotopic (exact) mass is 313 g/mol. The van der Waals surface area contributed by atoms with Crippen LogP contribution in [0.2, 0.25) is 0 Å². The summed E-state index contributed by atoms with van der Waals surface area (Å²) in [5.74, 6) is -0.000185. The van der Waals surface area contributed by atoms with Crippen LogP contribution < -0.4 is 10.9 Å². The van der Waals surface area contributed by atoms with E-state index < -0.39 is 0 Å². The summed E-state index contributed by atoms with van der Waals surface area (Å²) in [6.45, 7) is 5.00. The normalized spacial score (nSPS) is 15.8. The standard InChI is InChI=1S/C12H16BrN3O2/c1-9-10(13)2-3-11(17)16(9)8-12(18)15-6-4-14-5-7-15/h2-3,14H,4-8H2,1H3. The number of pyridine rings is 1. The highest BCUT2D eigenvalue weighted by Gasteiger charge is 2.17. The van der Waals surface area contributed by atoms with Gasteiger partial charge in [-0.3, -0.25) is 9.59 Å². The van der Waals surface area contributed by atoms with Crippen molar-refractivity contribution in [1.82, 2.24) is 14.8 Å². The lowest BCUT2D eigenvalue weighted by Gasteiger charge is -2.28. The molecular weight excluding hydrogens is 298 g/mol. The second-order valence-corrected chi connectivity index (χ2v) is 5.18. The molecule has 1 fully saturated rings. The fourth-order valence-corrected chi connectivity index (χ4v) is 2.34. The highest BCUT2D eigenvalue weighted by atomic mass is 79.9. The Balaban J connectivity index is 2.16. The van der Waals surface area contributed by atoms with Crippen LogP contribution in [0.1, 0.15) is 5.69 Å². The fourth-order valence-electron chi connectivity index (χ4n) is 2.00. The maximum atomic E-state index is 12.1. The van der Waals surface area contributed by atoms with Crippen LogP contribution in [0.3, 0.4) is 0 Å². The second-order valence-electron chi connectivity index (χ2n) is 4.32. The number of nitrogens with zero attached hydrogens (tertiary/aromatic N) is 2. The van der Waals surface area contributed by atoms with E-state index in [2.05, 4.69) is 21.2 Å². The Kier molecular flexibility index (Phi) is 4.19. The van der Waals surface area contributed by atoms with E-state index in [0.29, 0.717) is 13.1 Å². The number of piperazine rings is 1. The van der Waals surface area contributed by atoms with E-state index in [0.717, 1.165) is 23.3 Å². The zero-order valence-electron chi connectivity index (χ0n) is 10.3. The van der Waals surface area contributed by atoms with Crippen LogP contribution in [0.25, 0.3) is 0 Å². The number of nitrogens with one attached hydrogen (secondary N) is 1. The summed E-state index contributed by atoms with van der Waals surface area (Å²) in [4.78, 5) is 25.7. The number of hydrogen-bond acceptors (Lipinski definition) is 3. The molecule has 1 aliphatic heterocycles. The first kappa shape index (κ1) is 13.3. The summed E-state index contributed by atoms with van der Waals surface area (Å²) in [6.07, 6.45) is 0. The third kappa shape index (κ3) is 2.81. The summed E-state index contributed by atoms with van der Waals surface area (Å²) in [7, 11) is 0. The molecule has 2 rings (SSSR count). The Morgan fingerprint density at radius 3 is 2.72 bits per heavy atom. The third-order valence-corrected chi connectivity index (χ3v) is 3.99. The van der Waals surface area contributed by atoms with Crippen molar-refractivity contribution < 1.29 is 4.79 Å². The molecule has 1 aliphatic rings. The molecule has 5 nitrogen and oxygen atoms in total. The lowest BCUT2D eigenvalue weighted by molar-refractivity contribution is -0.132. The number of hydrogen-bond donors (Lipinski definition) is 1. The molecule has 1 aromatic rings. The van der Waals surface area contributed by atoms with E-state index in [9.17, 15) is 9.59 Å². The largest absolute Gasteiger partial charge is 0.339 e. The fraction of sp³-hybridized carbons (Fsp3) is 0.500. The molecule has 1 amide bonds. The van der Waals surface area contributed by atoms with Gasteiger partial charge in [0.15, 0.2) is 0 Å². The predicted octanol–water partition coefficient (Wildman–Crippen LogP) is 0.351. The van der Waals surface area contributed by atoms with Gasteiger partial charge in [0.05, 0.1) is 0 Å². The van der Waals surface area contributed by atoms with Gasteiger partial charge in [-0.1, -0.05) is 0 Å². The molecule has 0 radical (unpaired) electrons. The van der Waals surface area contributed by atoms with Crippen molar-refractivity contribution >= 4 is 21.8 Å². The molecule has 0 saturated carbocycles. The number of amides is 1. The number of aromatic nitrogens is 1. The van der Waals surface area contributed by atoms with Gasteiger partial charge >= 0.3 is 0 Å². The van der Waals surface area contributed by atoms with E-state index in [4.69, 9.17) is 0 Å². The Bertz CT molecular complexity index is 507. The van der Waals surface area contributed by atoms with Gasteiger partial charge in [0.25, 0.3) is 5.56 Å². The van der Waals surface area contributed by atoms with Crippen LogP contribution in [0.5, 0.6) is 0 Å². The number of carbonyl (C=O) groups is 1. The molecule has 0 bridgehead atoms. The van der Waals surface area contributed by atoms with Crippen LogP contribution in [0.4, 0.5) is 0 Å². The van der Waals surface area contributed by atoms with Gasteiger partial charge in [-0.25, -0.2) is 0 Å². The average Bonchev–Trinajstić information content (AvgIpc) is 2.40. The molecule has 0 unspecified atom stereocenters. The predicted molar refractivity (Wildman–Crippen MR) is 72.6 cm³/mol. The highest BCUT2D eigenvalue weighted by molar-refractivity contribution is 9.10. The molecule has 98 valence electrons. The van der Waals surface area contributed by atoms with Crippen LogP contribution in [-0.2, 0) is 11.3 Å². The minimum Gasteiger partial charge on any atom is -0.339 e. The number of carbonyl (C=O) groups excluding carboxylic acids is 1. The van der Waals surface area contributed by atoms with E-state index in [1.807, 2.05) is 6.92 Å². The molecule has 1 N–H and O–H groups in total. The first-order chi connectivity index (χ1) is 8.59. The lowest BCUT2D eigenvalue weighted by atomic mass is 10.3. The SMILES string of the molecule is Cc1c(Br)ccc(=O)n1CC(=O)N1CCNCC1. The second kappa shape index (κ2) is 5.67. The summed E-state index contributed by atoms with van der Waals surface area (Å²) in [5.41, 5.74) is 0.644. The Morgan fingerprint density at radius 2 is 2.06 bits per heavy atom. The molecular formula is C12H16BrN3O2. The zero-order valence-corrected chi connectivity index (χ0v) is 11.9. The average molecular weight is 314 g/mol. The molecule has 1 saturated heterocycles. The Labute approximate surface area is 114 Å². The number of halogens is 1. The third-order valence-electron chi connectivity index (χ3n) is 3.15. The van der Waals surface area contributed by atoms with Crippen LogP contribution in [0, 0.1) is 6.92 Å². The maximum absolute atomic E-state index is 12.1. The van der Waals surface area contributed by atoms with Gasteiger partial charge in [0.1, 0.15) is 6.54 Å². The van der Waals surface area contributed by atoms with Crippen molar-refractivity contribution in [2.45, 2.75) is 13.5 Å². The molecule has 1 aromatic heterocycles. The van der Waals surface area contributed by atoms with Crippen molar-refractivity contribution in [2.75, 3.05) is 26.2 Å². The van der Waals surface area contributed by atoms with Gasteiger partial charge in [0, 0.05) is 42.4 Å². The van der Waals surface area contributed by atoms with Gasteiger partial charge in [-0.05, 0) is 28.9 Å². The van der Waals surface area contributed by atoms with E-state index in [1.54, 1.807) is 11.0 Å². The maximum Gasteiger partial charge on any atom is 0.251 e. The van der Waals surface area contributed by atoms with Gasteiger partial charge < -0.3 is 14.8 Å². The smallest absolute Gasteiger partial charge is 0.251 e. The molecule has 0 aromatic carbocycles. The molecule has 6 heteroatoms.